The van der Waals surface area contributed by atoms with Crippen LogP contribution in [0.5, 0.6) is 0 Å². The van der Waals surface area contributed by atoms with Crippen LogP contribution < -0.4 is 9.62 Å². The third-order valence-electron chi connectivity index (χ3n) is 6.35. The molecule has 0 saturated heterocycles. The van der Waals surface area contributed by atoms with Gasteiger partial charge in [0.05, 0.1) is 10.6 Å². The second-order valence-corrected chi connectivity index (χ2v) is 13.1. The quantitative estimate of drug-likeness (QED) is 0.318. The number of aryl methyl sites for hydroxylation is 1. The van der Waals surface area contributed by atoms with Gasteiger partial charge in [0.2, 0.25) is 11.8 Å². The maximum atomic E-state index is 14.0. The Labute approximate surface area is 243 Å². The third kappa shape index (κ3) is 8.32. The molecule has 2 amide bonds. The number of halogens is 1. The zero-order valence-corrected chi connectivity index (χ0v) is 25.3. The van der Waals surface area contributed by atoms with Crippen LogP contribution in [-0.2, 0) is 26.0 Å². The highest BCUT2D eigenvalue weighted by molar-refractivity contribution is 7.92. The molecular weight excluding hydrogens is 546 g/mol. The number of amides is 2. The minimum Gasteiger partial charge on any atom is -0.350 e. The van der Waals surface area contributed by atoms with Crippen molar-refractivity contribution in [3.05, 3.63) is 95.0 Å². The summed E-state index contributed by atoms with van der Waals surface area (Å²) in [7, 11) is -4.14. The smallest absolute Gasteiger partial charge is 0.264 e. The van der Waals surface area contributed by atoms with Crippen molar-refractivity contribution in [2.45, 2.75) is 63.9 Å². The largest absolute Gasteiger partial charge is 0.350 e. The second-order valence-electron chi connectivity index (χ2n) is 10.8. The number of nitrogens with one attached hydrogen (secondary N) is 1. The molecule has 40 heavy (non-hydrogen) atoms. The van der Waals surface area contributed by atoms with E-state index >= 15 is 0 Å². The Kier molecular flexibility index (Phi) is 10.4. The summed E-state index contributed by atoms with van der Waals surface area (Å²) < 4.78 is 28.8. The summed E-state index contributed by atoms with van der Waals surface area (Å²) in [5, 5.41) is 3.31. The number of nitrogens with zero attached hydrogens (tertiary/aromatic N) is 2. The predicted molar refractivity (Wildman–Crippen MR) is 161 cm³/mol. The van der Waals surface area contributed by atoms with E-state index in [4.69, 9.17) is 11.6 Å². The van der Waals surface area contributed by atoms with E-state index in [0.29, 0.717) is 17.9 Å². The standard InChI is InChI=1S/C31H38ClN3O4S/c1-6-28(30(37)33-31(3,4)5)34(20-19-24-11-8-7-9-12-24)29(36)22-35(26-14-10-13-25(32)21-26)40(38,39)27-17-15-23(2)16-18-27/h7-18,21,28H,6,19-20,22H2,1-5H3,(H,33,37). The molecule has 9 heteroatoms. The first-order chi connectivity index (χ1) is 18.8. The average molecular weight is 584 g/mol. The lowest BCUT2D eigenvalue weighted by molar-refractivity contribution is -0.140. The lowest BCUT2D eigenvalue weighted by Crippen LogP contribution is -2.56. The van der Waals surface area contributed by atoms with Gasteiger partial charge < -0.3 is 10.2 Å². The van der Waals surface area contributed by atoms with Gasteiger partial charge in [0.15, 0.2) is 0 Å². The fraction of sp³-hybridized carbons (Fsp3) is 0.355. The molecule has 3 aromatic carbocycles. The van der Waals surface area contributed by atoms with E-state index in [1.54, 1.807) is 30.3 Å². The van der Waals surface area contributed by atoms with Crippen LogP contribution in [0, 0.1) is 6.92 Å². The van der Waals surface area contributed by atoms with Crippen LogP contribution in [0.3, 0.4) is 0 Å². The summed E-state index contributed by atoms with van der Waals surface area (Å²) in [4.78, 5) is 28.9. The monoisotopic (exact) mass is 583 g/mol. The topological polar surface area (TPSA) is 86.8 Å². The van der Waals surface area contributed by atoms with E-state index in [1.807, 2.05) is 65.0 Å². The minimum atomic E-state index is -4.14. The van der Waals surface area contributed by atoms with Gasteiger partial charge in [-0.25, -0.2) is 8.42 Å². The fourth-order valence-electron chi connectivity index (χ4n) is 4.35. The molecular formula is C31H38ClN3O4S. The molecule has 0 aromatic heterocycles. The highest BCUT2D eigenvalue weighted by Gasteiger charge is 2.34. The summed E-state index contributed by atoms with van der Waals surface area (Å²) in [6.45, 7) is 9.09. The van der Waals surface area contributed by atoms with Gasteiger partial charge in [0, 0.05) is 17.1 Å². The van der Waals surface area contributed by atoms with E-state index in [-0.39, 0.29) is 23.0 Å². The molecule has 1 unspecified atom stereocenters. The van der Waals surface area contributed by atoms with E-state index < -0.39 is 34.1 Å². The van der Waals surface area contributed by atoms with Gasteiger partial charge in [-0.2, -0.15) is 0 Å². The third-order valence-corrected chi connectivity index (χ3v) is 8.38. The fourth-order valence-corrected chi connectivity index (χ4v) is 5.94. The Balaban J connectivity index is 2.02. The van der Waals surface area contributed by atoms with E-state index in [0.717, 1.165) is 15.4 Å². The maximum absolute atomic E-state index is 14.0. The van der Waals surface area contributed by atoms with Crippen LogP contribution in [0.25, 0.3) is 0 Å². The molecule has 3 rings (SSSR count). The van der Waals surface area contributed by atoms with Crippen LogP contribution in [-0.4, -0.2) is 49.8 Å². The Bertz CT molecular complexity index is 1400. The van der Waals surface area contributed by atoms with Gasteiger partial charge >= 0.3 is 0 Å². The summed E-state index contributed by atoms with van der Waals surface area (Å²) in [6, 6.07) is 21.7. The van der Waals surface area contributed by atoms with Crippen LogP contribution in [0.15, 0.2) is 83.8 Å². The number of sulfonamides is 1. The van der Waals surface area contributed by atoms with Crippen molar-refractivity contribution in [2.24, 2.45) is 0 Å². The van der Waals surface area contributed by atoms with Crippen molar-refractivity contribution in [3.63, 3.8) is 0 Å². The number of rotatable bonds is 11. The van der Waals surface area contributed by atoms with Gasteiger partial charge in [-0.1, -0.05) is 72.6 Å². The summed E-state index contributed by atoms with van der Waals surface area (Å²) in [6.07, 6.45) is 0.873. The molecule has 0 aliphatic heterocycles. The van der Waals surface area contributed by atoms with Crippen molar-refractivity contribution in [3.8, 4) is 0 Å². The van der Waals surface area contributed by atoms with Crippen LogP contribution >= 0.6 is 11.6 Å². The molecule has 0 aliphatic carbocycles. The zero-order chi connectivity index (χ0) is 29.5. The lowest BCUT2D eigenvalue weighted by Gasteiger charge is -2.34. The Hall–Kier alpha value is -3.36. The number of carbonyl (C=O) groups excluding carboxylic acids is 2. The number of hydrogen-bond donors (Lipinski definition) is 1. The van der Waals surface area contributed by atoms with E-state index in [9.17, 15) is 18.0 Å². The van der Waals surface area contributed by atoms with Gasteiger partial charge in [-0.05, 0) is 76.4 Å². The first-order valence-corrected chi connectivity index (χ1v) is 15.1. The average Bonchev–Trinajstić information content (AvgIpc) is 2.89. The molecule has 1 atom stereocenters. The Morgan fingerprint density at radius 1 is 0.950 bits per heavy atom. The molecule has 3 aromatic rings. The van der Waals surface area contributed by atoms with Crippen molar-refractivity contribution in [2.75, 3.05) is 17.4 Å². The number of anilines is 1. The minimum absolute atomic E-state index is 0.0548. The number of hydrogen-bond acceptors (Lipinski definition) is 4. The van der Waals surface area contributed by atoms with Crippen molar-refractivity contribution in [1.29, 1.82) is 0 Å². The molecule has 0 bridgehead atoms. The van der Waals surface area contributed by atoms with Gasteiger partial charge in [0.25, 0.3) is 10.0 Å². The summed E-state index contributed by atoms with van der Waals surface area (Å²) in [5.74, 6) is -0.769. The highest BCUT2D eigenvalue weighted by Crippen LogP contribution is 2.27. The number of carbonyl (C=O) groups is 2. The molecule has 0 heterocycles. The maximum Gasteiger partial charge on any atom is 0.264 e. The van der Waals surface area contributed by atoms with Crippen LogP contribution in [0.4, 0.5) is 5.69 Å². The van der Waals surface area contributed by atoms with Crippen LogP contribution in [0.1, 0.15) is 45.2 Å². The van der Waals surface area contributed by atoms with E-state index in [1.165, 1.54) is 23.1 Å². The van der Waals surface area contributed by atoms with Crippen LogP contribution in [0.2, 0.25) is 5.02 Å². The molecule has 7 nitrogen and oxygen atoms in total. The first kappa shape index (κ1) is 31.2. The molecule has 0 saturated carbocycles. The molecule has 214 valence electrons. The first-order valence-electron chi connectivity index (χ1n) is 13.3. The second kappa shape index (κ2) is 13.3. The summed E-state index contributed by atoms with van der Waals surface area (Å²) >= 11 is 6.23. The van der Waals surface area contributed by atoms with Crippen molar-refractivity contribution in [1.82, 2.24) is 10.2 Å². The Morgan fingerprint density at radius 3 is 2.17 bits per heavy atom. The lowest BCUT2D eigenvalue weighted by atomic mass is 10.1. The molecule has 0 fully saturated rings. The number of benzene rings is 3. The molecule has 0 spiro atoms. The van der Waals surface area contributed by atoms with Crippen molar-refractivity contribution < 1.29 is 18.0 Å². The Morgan fingerprint density at radius 2 is 1.60 bits per heavy atom. The zero-order valence-electron chi connectivity index (χ0n) is 23.7. The molecule has 1 N–H and O–H groups in total. The highest BCUT2D eigenvalue weighted by atomic mass is 35.5. The van der Waals surface area contributed by atoms with Gasteiger partial charge in [-0.3, -0.25) is 13.9 Å². The van der Waals surface area contributed by atoms with Crippen molar-refractivity contribution >= 4 is 39.1 Å². The van der Waals surface area contributed by atoms with Gasteiger partial charge in [-0.15, -0.1) is 0 Å². The predicted octanol–water partition coefficient (Wildman–Crippen LogP) is 5.61. The molecule has 0 radical (unpaired) electrons. The normalized spacial score (nSPS) is 12.4. The molecule has 0 aliphatic rings. The van der Waals surface area contributed by atoms with Gasteiger partial charge in [0.1, 0.15) is 12.6 Å². The van der Waals surface area contributed by atoms with E-state index in [2.05, 4.69) is 5.32 Å². The SMILES string of the molecule is CCC(C(=O)NC(C)(C)C)N(CCc1ccccc1)C(=O)CN(c1cccc(Cl)c1)S(=O)(=O)c1ccc(C)cc1. The summed E-state index contributed by atoms with van der Waals surface area (Å²) in [5.41, 5.74) is 1.68.